The van der Waals surface area contributed by atoms with E-state index in [1.807, 2.05) is 83.1 Å². The molecule has 38 heavy (non-hydrogen) atoms. The third-order valence-corrected chi connectivity index (χ3v) is 3.86. The smallest absolute Gasteiger partial charge is 0.434 e. The third-order valence-electron chi connectivity index (χ3n) is 3.86. The molecule has 0 spiro atoms. The summed E-state index contributed by atoms with van der Waals surface area (Å²) in [5.41, 5.74) is -2.18. The van der Waals surface area contributed by atoms with Crippen LogP contribution < -0.4 is 0 Å². The van der Waals surface area contributed by atoms with Crippen LogP contribution in [0, 0.1) is 0 Å². The van der Waals surface area contributed by atoms with Crippen molar-refractivity contribution in [1.29, 1.82) is 0 Å². The maximum Gasteiger partial charge on any atom is 0.508 e. The molecule has 0 aliphatic heterocycles. The van der Waals surface area contributed by atoms with Crippen molar-refractivity contribution in [3.8, 4) is 0 Å². The van der Waals surface area contributed by atoms with E-state index in [2.05, 4.69) is 0 Å². The molecular weight excluding hydrogens is 500 g/mol. The van der Waals surface area contributed by atoms with Crippen LogP contribution in [0.3, 0.4) is 0 Å². The van der Waals surface area contributed by atoms with Crippen molar-refractivity contribution in [3.63, 3.8) is 0 Å². The van der Waals surface area contributed by atoms with Crippen LogP contribution in [0.4, 0.5) is 4.79 Å². The molecule has 11 heteroatoms. The molecule has 0 amide bonds. The minimum absolute atomic E-state index is 0.0922. The van der Waals surface area contributed by atoms with E-state index in [1.54, 1.807) is 13.8 Å². The molecule has 0 aromatic heterocycles. The van der Waals surface area contributed by atoms with Crippen molar-refractivity contribution in [2.75, 3.05) is 13.2 Å². The molecule has 0 atom stereocenters. The summed E-state index contributed by atoms with van der Waals surface area (Å²) in [5.74, 6) is -2.41. The molecule has 228 valence electrons. The normalized spacial score (nSPS) is 14.1. The lowest BCUT2D eigenvalue weighted by molar-refractivity contribution is -0.537. The Hall–Kier alpha value is -1.05. The molecule has 0 saturated heterocycles. The summed E-state index contributed by atoms with van der Waals surface area (Å²) < 4.78 is 10.4. The van der Waals surface area contributed by atoms with Gasteiger partial charge in [-0.2, -0.15) is 19.6 Å². The van der Waals surface area contributed by atoms with Gasteiger partial charge in [-0.05, 0) is 110 Å². The van der Waals surface area contributed by atoms with Crippen LogP contribution in [0.5, 0.6) is 0 Å². The van der Waals surface area contributed by atoms with Crippen molar-refractivity contribution >= 4 is 6.16 Å². The first-order valence-corrected chi connectivity index (χ1v) is 13.2. The summed E-state index contributed by atoms with van der Waals surface area (Å²) in [6, 6.07) is 0. The second-order valence-corrected chi connectivity index (χ2v) is 13.5. The Morgan fingerprint density at radius 2 is 0.658 bits per heavy atom. The lowest BCUT2D eigenvalue weighted by atomic mass is 10.2. The highest BCUT2D eigenvalue weighted by molar-refractivity contribution is 5.59. The van der Waals surface area contributed by atoms with Gasteiger partial charge in [0.05, 0.1) is 35.6 Å². The first-order valence-electron chi connectivity index (χ1n) is 13.2. The van der Waals surface area contributed by atoms with Crippen molar-refractivity contribution in [3.05, 3.63) is 0 Å². The van der Waals surface area contributed by atoms with Gasteiger partial charge in [0.1, 0.15) is 0 Å². The summed E-state index contributed by atoms with van der Waals surface area (Å²) in [6.07, 6.45) is 0.717. The summed E-state index contributed by atoms with van der Waals surface area (Å²) in [5, 5.41) is 0. The summed E-state index contributed by atoms with van der Waals surface area (Å²) in [6.45, 7) is 25.8. The number of carbonyl (C=O) groups excluding carboxylic acids is 1. The lowest BCUT2D eigenvalue weighted by Crippen LogP contribution is -2.39. The van der Waals surface area contributed by atoms with Crippen LogP contribution in [0.15, 0.2) is 0 Å². The van der Waals surface area contributed by atoms with E-state index in [0.717, 1.165) is 0 Å². The highest BCUT2D eigenvalue weighted by atomic mass is 17.3. The highest BCUT2D eigenvalue weighted by Crippen LogP contribution is 2.27. The molecule has 0 N–H and O–H groups in total. The molecule has 0 radical (unpaired) electrons. The second kappa shape index (κ2) is 15.1. The topological polar surface area (TPSA) is 109 Å². The van der Waals surface area contributed by atoms with E-state index in [0.29, 0.717) is 25.7 Å². The van der Waals surface area contributed by atoms with E-state index >= 15 is 0 Å². The highest BCUT2D eigenvalue weighted by Gasteiger charge is 2.35. The predicted molar refractivity (Wildman–Crippen MR) is 140 cm³/mol. The number of carbonyl (C=O) groups is 1. The van der Waals surface area contributed by atoms with Gasteiger partial charge in [-0.1, -0.05) is 0 Å². The summed E-state index contributed by atoms with van der Waals surface area (Å²) in [7, 11) is 0. The fourth-order valence-corrected chi connectivity index (χ4v) is 2.19. The van der Waals surface area contributed by atoms with E-state index in [-0.39, 0.29) is 13.2 Å². The fourth-order valence-electron chi connectivity index (χ4n) is 2.19. The van der Waals surface area contributed by atoms with Gasteiger partial charge in [0.15, 0.2) is 0 Å². The van der Waals surface area contributed by atoms with Gasteiger partial charge < -0.3 is 9.47 Å². The molecule has 0 fully saturated rings. The first kappa shape index (κ1) is 37.0. The van der Waals surface area contributed by atoms with Crippen molar-refractivity contribution in [1.82, 2.24) is 0 Å². The van der Waals surface area contributed by atoms with E-state index in [1.165, 1.54) is 0 Å². The predicted octanol–water partition coefficient (Wildman–Crippen LogP) is 7.12. The fraction of sp³-hybridized carbons (Fsp3) is 0.963. The maximum atomic E-state index is 12.1. The average molecular weight is 555 g/mol. The number of hydrogen-bond acceptors (Lipinski definition) is 11. The molecule has 0 aromatic rings. The Morgan fingerprint density at radius 3 is 0.868 bits per heavy atom. The Bertz CT molecular complexity index is 574. The van der Waals surface area contributed by atoms with Crippen LogP contribution in [0.2, 0.25) is 0 Å². The third kappa shape index (κ3) is 21.8. The van der Waals surface area contributed by atoms with Crippen LogP contribution in [-0.2, 0) is 48.6 Å². The monoisotopic (exact) mass is 554 g/mol. The number of rotatable bonds is 16. The zero-order valence-corrected chi connectivity index (χ0v) is 26.2. The zero-order chi connectivity index (χ0) is 29.9. The Labute approximate surface area is 229 Å². The molecule has 0 aliphatic rings. The van der Waals surface area contributed by atoms with Crippen molar-refractivity contribution in [2.24, 2.45) is 0 Å². The average Bonchev–Trinajstić information content (AvgIpc) is 2.73. The molecule has 0 heterocycles. The van der Waals surface area contributed by atoms with E-state index in [9.17, 15) is 4.79 Å². The van der Waals surface area contributed by atoms with Gasteiger partial charge in [0, 0.05) is 12.8 Å². The lowest BCUT2D eigenvalue weighted by Gasteiger charge is -2.32. The molecule has 0 aromatic carbocycles. The maximum absolute atomic E-state index is 12.1. The SMILES string of the molecule is CC(C)(C)OOC(C)(CCCOC(=O)OCCCC(C)(OOC(C)(C)C)OOC(C)(C)C)OOC(C)(C)C. The molecule has 0 unspecified atom stereocenters. The minimum Gasteiger partial charge on any atom is -0.434 e. The van der Waals surface area contributed by atoms with Gasteiger partial charge in [-0.3, -0.25) is 0 Å². The molecule has 11 nitrogen and oxygen atoms in total. The van der Waals surface area contributed by atoms with Crippen molar-refractivity contribution < 1.29 is 53.4 Å². The quantitative estimate of drug-likeness (QED) is 0.0639. The van der Waals surface area contributed by atoms with Gasteiger partial charge in [-0.15, -0.1) is 0 Å². The summed E-state index contributed by atoms with van der Waals surface area (Å²) in [4.78, 5) is 55.9. The number of ether oxygens (including phenoxy) is 2. The Balaban J connectivity index is 4.60. The first-order chi connectivity index (χ1) is 16.9. The van der Waals surface area contributed by atoms with Gasteiger partial charge in [0.2, 0.25) is 11.6 Å². The van der Waals surface area contributed by atoms with Crippen LogP contribution >= 0.6 is 0 Å². The van der Waals surface area contributed by atoms with E-state index in [4.69, 9.17) is 48.6 Å². The second-order valence-electron chi connectivity index (χ2n) is 13.5. The number of hydrogen-bond donors (Lipinski definition) is 0. The van der Waals surface area contributed by atoms with Gasteiger partial charge in [-0.25, -0.2) is 24.3 Å². The molecular formula is C27H54O11. The van der Waals surface area contributed by atoms with Crippen LogP contribution in [0.25, 0.3) is 0 Å². The molecule has 0 bridgehead atoms. The Morgan fingerprint density at radius 1 is 0.421 bits per heavy atom. The molecule has 0 rings (SSSR count). The summed E-state index contributed by atoms with van der Waals surface area (Å²) >= 11 is 0. The zero-order valence-electron chi connectivity index (χ0n) is 26.2. The largest absolute Gasteiger partial charge is 0.508 e. The molecule has 0 saturated carbocycles. The minimum atomic E-state index is -1.21. The van der Waals surface area contributed by atoms with Crippen molar-refractivity contribution in [2.45, 2.75) is 157 Å². The van der Waals surface area contributed by atoms with Gasteiger partial charge in [0.25, 0.3) is 0 Å². The molecule has 0 aliphatic carbocycles. The van der Waals surface area contributed by atoms with Gasteiger partial charge >= 0.3 is 6.16 Å². The Kier molecular flexibility index (Phi) is 14.7. The standard InChI is InChI=1S/C27H54O11/c1-22(2,3)31-35-26(13,36-32-23(4,5)6)17-15-19-29-21(28)30-20-16-18-27(14,37-33-24(7,8)9)38-34-25(10,11)12/h15-20H2,1-14H3. The van der Waals surface area contributed by atoms with E-state index < -0.39 is 40.1 Å². The van der Waals surface area contributed by atoms with Crippen LogP contribution in [-0.4, -0.2) is 53.3 Å². The van der Waals surface area contributed by atoms with Crippen LogP contribution in [0.1, 0.15) is 123 Å².